The molecule has 2 fully saturated rings. The van der Waals surface area contributed by atoms with Crippen LogP contribution in [0, 0.1) is 11.7 Å². The molecule has 25 heavy (non-hydrogen) atoms. The molecule has 1 saturated heterocycles. The van der Waals surface area contributed by atoms with E-state index in [1.807, 2.05) is 35.2 Å². The summed E-state index contributed by atoms with van der Waals surface area (Å²) < 4.78 is 13.1. The van der Waals surface area contributed by atoms with Gasteiger partial charge >= 0.3 is 0 Å². The highest BCUT2D eigenvalue weighted by Gasteiger charge is 2.45. The zero-order valence-corrected chi connectivity index (χ0v) is 14.3. The van der Waals surface area contributed by atoms with Crippen LogP contribution in [0.5, 0.6) is 0 Å². The van der Waals surface area contributed by atoms with Gasteiger partial charge in [-0.2, -0.15) is 0 Å². The first-order chi connectivity index (χ1) is 12.2. The average molecular weight is 338 g/mol. The number of halogens is 1. The van der Waals surface area contributed by atoms with Crippen molar-refractivity contribution in [2.75, 3.05) is 31.1 Å². The van der Waals surface area contributed by atoms with E-state index in [1.54, 1.807) is 0 Å². The molecule has 0 bridgehead atoms. The van der Waals surface area contributed by atoms with Gasteiger partial charge in [0.15, 0.2) is 0 Å². The fraction of sp³-hybridized carbons (Fsp3) is 0.381. The number of carbonyl (C=O) groups is 1. The van der Waals surface area contributed by atoms with Gasteiger partial charge in [0.1, 0.15) is 5.82 Å². The Morgan fingerprint density at radius 3 is 2.44 bits per heavy atom. The SMILES string of the molecule is O=C([C@@H]1C[C@H]1c1ccccc1)N1CCCN(c2ccc(F)cc2)CC1. The summed E-state index contributed by atoms with van der Waals surface area (Å²) in [6.45, 7) is 3.27. The highest BCUT2D eigenvalue weighted by molar-refractivity contribution is 5.83. The fourth-order valence-electron chi connectivity index (χ4n) is 3.82. The molecule has 1 aliphatic carbocycles. The lowest BCUT2D eigenvalue weighted by Crippen LogP contribution is -2.36. The zero-order chi connectivity index (χ0) is 17.2. The smallest absolute Gasteiger partial charge is 0.226 e. The number of nitrogens with zero attached hydrogens (tertiary/aromatic N) is 2. The van der Waals surface area contributed by atoms with Crippen LogP contribution >= 0.6 is 0 Å². The highest BCUT2D eigenvalue weighted by atomic mass is 19.1. The summed E-state index contributed by atoms with van der Waals surface area (Å²) in [6, 6.07) is 17.0. The standard InChI is InChI=1S/C21H23FN2O/c22-17-7-9-18(10-8-17)23-11-4-12-24(14-13-23)21(25)20-15-19(20)16-5-2-1-3-6-16/h1-3,5-10,19-20H,4,11-15H2/t19-,20+/m0/s1. The van der Waals surface area contributed by atoms with Crippen LogP contribution in [-0.2, 0) is 4.79 Å². The summed E-state index contributed by atoms with van der Waals surface area (Å²) in [5, 5.41) is 0. The number of carbonyl (C=O) groups excluding carboxylic acids is 1. The van der Waals surface area contributed by atoms with Crippen LogP contribution in [-0.4, -0.2) is 37.0 Å². The molecule has 2 aliphatic rings. The average Bonchev–Trinajstić information content (AvgIpc) is 3.46. The summed E-state index contributed by atoms with van der Waals surface area (Å²) >= 11 is 0. The molecule has 1 heterocycles. The van der Waals surface area contributed by atoms with Gasteiger partial charge in [-0.25, -0.2) is 4.39 Å². The van der Waals surface area contributed by atoms with Crippen molar-refractivity contribution in [1.29, 1.82) is 0 Å². The quantitative estimate of drug-likeness (QED) is 0.852. The van der Waals surface area contributed by atoms with Crippen molar-refractivity contribution in [3.63, 3.8) is 0 Å². The highest BCUT2D eigenvalue weighted by Crippen LogP contribution is 2.48. The maximum atomic E-state index is 13.1. The number of hydrogen-bond donors (Lipinski definition) is 0. The second-order valence-corrected chi connectivity index (χ2v) is 7.00. The summed E-state index contributed by atoms with van der Waals surface area (Å²) in [7, 11) is 0. The molecule has 0 spiro atoms. The van der Waals surface area contributed by atoms with E-state index < -0.39 is 0 Å². The van der Waals surface area contributed by atoms with Gasteiger partial charge in [-0.1, -0.05) is 30.3 Å². The van der Waals surface area contributed by atoms with Gasteiger partial charge in [0.25, 0.3) is 0 Å². The minimum atomic E-state index is -0.212. The summed E-state index contributed by atoms with van der Waals surface area (Å²) in [5.41, 5.74) is 2.31. The van der Waals surface area contributed by atoms with Gasteiger partial charge < -0.3 is 9.80 Å². The molecule has 3 nitrogen and oxygen atoms in total. The number of rotatable bonds is 3. The normalized spacial score (nSPS) is 23.2. The first-order valence-corrected chi connectivity index (χ1v) is 9.06. The van der Waals surface area contributed by atoms with Crippen LogP contribution < -0.4 is 4.90 Å². The van der Waals surface area contributed by atoms with E-state index in [0.717, 1.165) is 44.7 Å². The Kier molecular flexibility index (Phi) is 4.43. The Hall–Kier alpha value is -2.36. The molecule has 4 heteroatoms. The molecule has 2 aromatic carbocycles. The van der Waals surface area contributed by atoms with Crippen LogP contribution in [0.1, 0.15) is 24.3 Å². The van der Waals surface area contributed by atoms with Gasteiger partial charge in [0.05, 0.1) is 0 Å². The van der Waals surface area contributed by atoms with Crippen molar-refractivity contribution < 1.29 is 9.18 Å². The van der Waals surface area contributed by atoms with Crippen molar-refractivity contribution in [2.45, 2.75) is 18.8 Å². The third kappa shape index (κ3) is 3.53. The molecule has 130 valence electrons. The Morgan fingerprint density at radius 2 is 1.68 bits per heavy atom. The van der Waals surface area contributed by atoms with E-state index in [1.165, 1.54) is 17.7 Å². The second-order valence-electron chi connectivity index (χ2n) is 7.00. The largest absolute Gasteiger partial charge is 0.370 e. The molecule has 0 N–H and O–H groups in total. The van der Waals surface area contributed by atoms with Gasteiger partial charge in [0, 0.05) is 37.8 Å². The molecule has 1 aliphatic heterocycles. The van der Waals surface area contributed by atoms with Gasteiger partial charge in [0.2, 0.25) is 5.91 Å². The first kappa shape index (κ1) is 16.1. The summed E-state index contributed by atoms with van der Waals surface area (Å²) in [4.78, 5) is 17.1. The third-order valence-electron chi connectivity index (χ3n) is 5.33. The van der Waals surface area contributed by atoms with Gasteiger partial charge in [-0.15, -0.1) is 0 Å². The van der Waals surface area contributed by atoms with Gasteiger partial charge in [-0.05, 0) is 48.6 Å². The maximum absolute atomic E-state index is 13.1. The van der Waals surface area contributed by atoms with Crippen LogP contribution in [0.25, 0.3) is 0 Å². The second kappa shape index (κ2) is 6.87. The van der Waals surface area contributed by atoms with Crippen LogP contribution in [0.3, 0.4) is 0 Å². The topological polar surface area (TPSA) is 23.6 Å². The number of benzene rings is 2. The van der Waals surface area contributed by atoms with Crippen LogP contribution in [0.15, 0.2) is 54.6 Å². The van der Waals surface area contributed by atoms with Crippen LogP contribution in [0.4, 0.5) is 10.1 Å². The van der Waals surface area contributed by atoms with Crippen LogP contribution in [0.2, 0.25) is 0 Å². The van der Waals surface area contributed by atoms with E-state index in [9.17, 15) is 9.18 Å². The zero-order valence-electron chi connectivity index (χ0n) is 14.3. The molecule has 4 rings (SSSR count). The number of anilines is 1. The Bertz CT molecular complexity index is 731. The van der Waals surface area contributed by atoms with Crippen molar-refractivity contribution in [3.8, 4) is 0 Å². The van der Waals surface area contributed by atoms with E-state index in [2.05, 4.69) is 17.0 Å². The third-order valence-corrected chi connectivity index (χ3v) is 5.33. The molecular formula is C21H23FN2O. The maximum Gasteiger partial charge on any atom is 0.226 e. The lowest BCUT2D eigenvalue weighted by molar-refractivity contribution is -0.132. The Labute approximate surface area is 148 Å². The number of hydrogen-bond acceptors (Lipinski definition) is 2. The Balaban J connectivity index is 1.36. The van der Waals surface area contributed by atoms with E-state index in [4.69, 9.17) is 0 Å². The van der Waals surface area contributed by atoms with E-state index >= 15 is 0 Å². The minimum absolute atomic E-state index is 0.153. The molecule has 0 aromatic heterocycles. The molecule has 2 aromatic rings. The number of amides is 1. The predicted molar refractivity (Wildman–Crippen MR) is 97.1 cm³/mol. The predicted octanol–water partition coefficient (Wildman–Crippen LogP) is 3.67. The lowest BCUT2D eigenvalue weighted by Gasteiger charge is -2.24. The molecular weight excluding hydrogens is 315 g/mol. The first-order valence-electron chi connectivity index (χ1n) is 9.06. The van der Waals surface area contributed by atoms with Crippen molar-refractivity contribution in [3.05, 3.63) is 66.0 Å². The lowest BCUT2D eigenvalue weighted by atomic mass is 10.1. The molecule has 0 radical (unpaired) electrons. The Morgan fingerprint density at radius 1 is 0.920 bits per heavy atom. The fourth-order valence-corrected chi connectivity index (χ4v) is 3.82. The molecule has 0 unspecified atom stereocenters. The van der Waals surface area contributed by atoms with Crippen molar-refractivity contribution in [1.82, 2.24) is 4.90 Å². The van der Waals surface area contributed by atoms with Crippen molar-refractivity contribution >= 4 is 11.6 Å². The van der Waals surface area contributed by atoms with E-state index in [0.29, 0.717) is 11.8 Å². The monoisotopic (exact) mass is 338 g/mol. The minimum Gasteiger partial charge on any atom is -0.370 e. The molecule has 1 amide bonds. The summed E-state index contributed by atoms with van der Waals surface area (Å²) in [6.07, 6.45) is 1.92. The van der Waals surface area contributed by atoms with Gasteiger partial charge in [-0.3, -0.25) is 4.79 Å². The van der Waals surface area contributed by atoms with E-state index in [-0.39, 0.29) is 11.7 Å². The molecule has 2 atom stereocenters. The van der Waals surface area contributed by atoms with Crippen molar-refractivity contribution in [2.24, 2.45) is 5.92 Å². The summed E-state index contributed by atoms with van der Waals surface area (Å²) in [5.74, 6) is 0.635. The molecule has 1 saturated carbocycles.